The summed E-state index contributed by atoms with van der Waals surface area (Å²) in [5, 5.41) is 0. The molecule has 0 saturated carbocycles. The lowest BCUT2D eigenvalue weighted by atomic mass is 9.90. The summed E-state index contributed by atoms with van der Waals surface area (Å²) in [5.41, 5.74) is 0. The Morgan fingerprint density at radius 3 is 2.00 bits per heavy atom. The number of carbonyl (C=O) groups excluding carboxylic acids is 2. The molecular weight excluding hydrogens is 356 g/mol. The van der Waals surface area contributed by atoms with E-state index >= 15 is 0 Å². The molecule has 0 bridgehead atoms. The summed E-state index contributed by atoms with van der Waals surface area (Å²) in [5.74, 6) is 0.171. The van der Waals surface area contributed by atoms with Crippen LogP contribution in [0.1, 0.15) is 58.8 Å². The number of unbranched alkanes of at least 4 members (excludes halogenated alkanes) is 3. The van der Waals surface area contributed by atoms with Crippen LogP contribution in [0.5, 0.6) is 5.75 Å². The number of hydrogen-bond acceptors (Lipinski definition) is 5. The third-order valence-electron chi connectivity index (χ3n) is 4.25. The van der Waals surface area contributed by atoms with Gasteiger partial charge in [-0.3, -0.25) is 14.1 Å². The molecule has 0 atom stereocenters. The van der Waals surface area contributed by atoms with Crippen LogP contribution in [0, 0.1) is 5.92 Å². The van der Waals surface area contributed by atoms with E-state index in [0.717, 1.165) is 25.7 Å². The lowest BCUT2D eigenvalue weighted by molar-refractivity contribution is -0.132. The van der Waals surface area contributed by atoms with Crippen molar-refractivity contribution in [3.63, 3.8) is 0 Å². The topological polar surface area (TPSA) is 97.7 Å². The summed E-state index contributed by atoms with van der Waals surface area (Å²) < 4.78 is 36.3. The Balaban J connectivity index is 2.24. The minimum atomic E-state index is -4.18. The average molecular weight is 384 g/mol. The summed E-state index contributed by atoms with van der Waals surface area (Å²) in [6.45, 7) is 4.08. The molecule has 146 valence electrons. The van der Waals surface area contributed by atoms with E-state index in [1.165, 1.54) is 24.3 Å². The lowest BCUT2D eigenvalue weighted by Gasteiger charge is -2.12. The quantitative estimate of drug-likeness (QED) is 0.315. The molecule has 0 aromatic heterocycles. The SMILES string of the molecule is CCC(=O)C(CCCCCCOc1ccc(S(=O)(=O)O)cc1)C(=O)CC. The molecule has 0 aliphatic rings. The zero-order valence-corrected chi connectivity index (χ0v) is 16.3. The van der Waals surface area contributed by atoms with Gasteiger partial charge in [0.05, 0.1) is 17.4 Å². The first-order valence-corrected chi connectivity index (χ1v) is 10.5. The standard InChI is InChI=1S/C19H28O6S/c1-3-18(20)17(19(21)4-2)9-7-5-6-8-14-25-15-10-12-16(13-11-15)26(22,23)24/h10-13,17H,3-9,14H2,1-2H3,(H,22,23,24). The van der Waals surface area contributed by atoms with E-state index < -0.39 is 16.0 Å². The second kappa shape index (κ2) is 11.1. The maximum atomic E-state index is 11.8. The molecule has 6 nitrogen and oxygen atoms in total. The molecule has 0 radical (unpaired) electrons. The lowest BCUT2D eigenvalue weighted by Crippen LogP contribution is -2.22. The van der Waals surface area contributed by atoms with E-state index in [1.807, 2.05) is 0 Å². The van der Waals surface area contributed by atoms with E-state index in [4.69, 9.17) is 9.29 Å². The number of ketones is 2. The van der Waals surface area contributed by atoms with Crippen molar-refractivity contribution in [2.24, 2.45) is 5.92 Å². The zero-order valence-electron chi connectivity index (χ0n) is 15.4. The van der Waals surface area contributed by atoms with Crippen molar-refractivity contribution in [3.05, 3.63) is 24.3 Å². The fourth-order valence-electron chi connectivity index (χ4n) is 2.70. The summed E-state index contributed by atoms with van der Waals surface area (Å²) in [7, 11) is -4.18. The van der Waals surface area contributed by atoms with Gasteiger partial charge in [-0.05, 0) is 37.1 Å². The van der Waals surface area contributed by atoms with Crippen LogP contribution in [0.4, 0.5) is 0 Å². The van der Waals surface area contributed by atoms with Gasteiger partial charge < -0.3 is 4.74 Å². The van der Waals surface area contributed by atoms with Crippen LogP contribution in [0.2, 0.25) is 0 Å². The third kappa shape index (κ3) is 7.66. The van der Waals surface area contributed by atoms with Crippen LogP contribution >= 0.6 is 0 Å². The molecule has 0 spiro atoms. The Bertz CT molecular complexity index is 662. The van der Waals surface area contributed by atoms with Gasteiger partial charge in [0.25, 0.3) is 10.1 Å². The van der Waals surface area contributed by atoms with E-state index in [-0.39, 0.29) is 16.5 Å². The molecule has 7 heteroatoms. The van der Waals surface area contributed by atoms with Gasteiger partial charge in [-0.15, -0.1) is 0 Å². The minimum Gasteiger partial charge on any atom is -0.494 e. The van der Waals surface area contributed by atoms with Gasteiger partial charge in [0, 0.05) is 12.8 Å². The van der Waals surface area contributed by atoms with Crippen molar-refractivity contribution in [1.29, 1.82) is 0 Å². The smallest absolute Gasteiger partial charge is 0.294 e. The fourth-order valence-corrected chi connectivity index (χ4v) is 3.18. The number of benzene rings is 1. The molecule has 1 N–H and O–H groups in total. The molecule has 0 aliphatic heterocycles. The van der Waals surface area contributed by atoms with Gasteiger partial charge >= 0.3 is 0 Å². The molecule has 0 fully saturated rings. The van der Waals surface area contributed by atoms with Crippen LogP contribution in [0.3, 0.4) is 0 Å². The van der Waals surface area contributed by atoms with E-state index in [9.17, 15) is 18.0 Å². The van der Waals surface area contributed by atoms with Crippen LogP contribution in [-0.2, 0) is 19.7 Å². The zero-order chi connectivity index (χ0) is 19.6. The third-order valence-corrected chi connectivity index (χ3v) is 5.12. The summed E-state index contributed by atoms with van der Waals surface area (Å²) in [6, 6.07) is 5.58. The van der Waals surface area contributed by atoms with Crippen molar-refractivity contribution >= 4 is 21.7 Å². The molecule has 1 aromatic carbocycles. The highest BCUT2D eigenvalue weighted by Gasteiger charge is 2.22. The number of Topliss-reactive ketones (excluding diaryl/α,β-unsaturated/α-hetero) is 2. The van der Waals surface area contributed by atoms with E-state index in [0.29, 0.717) is 31.6 Å². The number of carbonyl (C=O) groups is 2. The molecule has 0 aliphatic carbocycles. The van der Waals surface area contributed by atoms with Crippen LogP contribution in [0.25, 0.3) is 0 Å². The molecule has 0 heterocycles. The largest absolute Gasteiger partial charge is 0.494 e. The predicted molar refractivity (Wildman–Crippen MR) is 98.9 cm³/mol. The van der Waals surface area contributed by atoms with Crippen molar-refractivity contribution in [1.82, 2.24) is 0 Å². The first-order valence-electron chi connectivity index (χ1n) is 9.05. The second-order valence-electron chi connectivity index (χ2n) is 6.19. The Labute approximate surface area is 155 Å². The Morgan fingerprint density at radius 2 is 1.50 bits per heavy atom. The van der Waals surface area contributed by atoms with Crippen LogP contribution in [0.15, 0.2) is 29.2 Å². The maximum absolute atomic E-state index is 11.8. The number of rotatable bonds is 13. The van der Waals surface area contributed by atoms with Crippen molar-refractivity contribution in [2.75, 3.05) is 6.61 Å². The fraction of sp³-hybridized carbons (Fsp3) is 0.579. The highest BCUT2D eigenvalue weighted by Crippen LogP contribution is 2.18. The predicted octanol–water partition coefficient (Wildman–Crippen LogP) is 3.84. The highest BCUT2D eigenvalue weighted by molar-refractivity contribution is 7.85. The number of hydrogen-bond donors (Lipinski definition) is 1. The first-order chi connectivity index (χ1) is 12.3. The molecule has 1 rings (SSSR count). The van der Waals surface area contributed by atoms with Gasteiger partial charge in [0.2, 0.25) is 0 Å². The Morgan fingerprint density at radius 1 is 0.962 bits per heavy atom. The average Bonchev–Trinajstić information content (AvgIpc) is 2.62. The second-order valence-corrected chi connectivity index (χ2v) is 7.61. The molecule has 0 amide bonds. The van der Waals surface area contributed by atoms with E-state index in [2.05, 4.69) is 0 Å². The van der Waals surface area contributed by atoms with Gasteiger partial charge in [-0.2, -0.15) is 8.42 Å². The molecule has 26 heavy (non-hydrogen) atoms. The van der Waals surface area contributed by atoms with Crippen LogP contribution < -0.4 is 4.74 Å². The normalized spacial score (nSPS) is 11.5. The highest BCUT2D eigenvalue weighted by atomic mass is 32.2. The van der Waals surface area contributed by atoms with Gasteiger partial charge in [-0.1, -0.05) is 33.1 Å². The van der Waals surface area contributed by atoms with Gasteiger partial charge in [0.15, 0.2) is 0 Å². The molecule has 1 aromatic rings. The van der Waals surface area contributed by atoms with Crippen molar-refractivity contribution in [2.45, 2.75) is 63.7 Å². The molecule has 0 unspecified atom stereocenters. The Kier molecular flexibility index (Phi) is 9.51. The van der Waals surface area contributed by atoms with E-state index in [1.54, 1.807) is 13.8 Å². The monoisotopic (exact) mass is 384 g/mol. The van der Waals surface area contributed by atoms with Gasteiger partial charge in [0.1, 0.15) is 17.3 Å². The number of ether oxygens (including phenoxy) is 1. The Hall–Kier alpha value is -1.73. The van der Waals surface area contributed by atoms with Crippen molar-refractivity contribution in [3.8, 4) is 5.75 Å². The van der Waals surface area contributed by atoms with Crippen LogP contribution in [-0.4, -0.2) is 31.1 Å². The van der Waals surface area contributed by atoms with Crippen molar-refractivity contribution < 1.29 is 27.3 Å². The molecule has 0 saturated heterocycles. The van der Waals surface area contributed by atoms with Gasteiger partial charge in [-0.25, -0.2) is 0 Å². The maximum Gasteiger partial charge on any atom is 0.294 e. The minimum absolute atomic E-state index is 0.0357. The molecular formula is C19H28O6S. The summed E-state index contributed by atoms with van der Waals surface area (Å²) >= 11 is 0. The summed E-state index contributed by atoms with van der Waals surface area (Å²) in [4.78, 5) is 23.5. The first kappa shape index (κ1) is 22.3. The summed E-state index contributed by atoms with van der Waals surface area (Å²) in [6.07, 6.45) is 4.95.